The Morgan fingerprint density at radius 3 is 2.81 bits per heavy atom. The minimum Gasteiger partial charge on any atom is -0.354 e. The van der Waals surface area contributed by atoms with Crippen LogP contribution in [0.2, 0.25) is 0 Å². The first kappa shape index (κ1) is 22.9. The molecule has 0 amide bonds. The zero-order valence-corrected chi connectivity index (χ0v) is 20.2. The van der Waals surface area contributed by atoms with Gasteiger partial charge in [-0.2, -0.15) is 0 Å². The number of nitrogens with zero attached hydrogens (tertiary/aromatic N) is 1. The normalized spacial score (nSPS) is 29.0. The number of hydrogen-bond acceptors (Lipinski definition) is 4. The molecule has 2 heterocycles. The van der Waals surface area contributed by atoms with Gasteiger partial charge in [0.15, 0.2) is 15.8 Å². The number of rotatable bonds is 5. The van der Waals surface area contributed by atoms with Crippen LogP contribution in [0.3, 0.4) is 0 Å². The lowest BCUT2D eigenvalue weighted by Crippen LogP contribution is -2.46. The number of nitrogens with one attached hydrogen (secondary N) is 2. The number of guanidine groups is 1. The molecule has 0 bridgehead atoms. The zero-order valence-electron chi connectivity index (χ0n) is 16.2. The second kappa shape index (κ2) is 10.4. The molecule has 2 fully saturated rings. The maximum Gasteiger partial charge on any atom is 0.191 e. The Balaban J connectivity index is 0.00000261. The summed E-state index contributed by atoms with van der Waals surface area (Å²) in [5.74, 6) is 2.33. The van der Waals surface area contributed by atoms with Gasteiger partial charge < -0.3 is 10.6 Å². The summed E-state index contributed by atoms with van der Waals surface area (Å²) in [4.78, 5) is 6.05. The summed E-state index contributed by atoms with van der Waals surface area (Å²) >= 11 is 1.74. The van der Waals surface area contributed by atoms with Crippen LogP contribution in [-0.2, 0) is 9.84 Å². The first-order valence-corrected chi connectivity index (χ1v) is 12.4. The van der Waals surface area contributed by atoms with E-state index in [1.165, 1.54) is 30.6 Å². The molecule has 1 saturated heterocycles. The van der Waals surface area contributed by atoms with E-state index >= 15 is 0 Å². The predicted octanol–water partition coefficient (Wildman–Crippen LogP) is 3.98. The van der Waals surface area contributed by atoms with Crippen LogP contribution < -0.4 is 10.6 Å². The smallest absolute Gasteiger partial charge is 0.191 e. The van der Waals surface area contributed by atoms with E-state index in [1.54, 1.807) is 11.3 Å². The Morgan fingerprint density at radius 1 is 1.37 bits per heavy atom. The maximum atomic E-state index is 11.7. The van der Waals surface area contributed by atoms with Crippen molar-refractivity contribution in [3.05, 3.63) is 22.4 Å². The SMILES string of the molecule is CC1CCCC(NC(=NCC2CCS(=O)(=O)C2)NC(C)c2cccs2)C1.I. The molecule has 5 nitrogen and oxygen atoms in total. The first-order chi connectivity index (χ1) is 12.4. The van der Waals surface area contributed by atoms with Crippen molar-refractivity contribution >= 4 is 51.1 Å². The van der Waals surface area contributed by atoms with E-state index in [-0.39, 0.29) is 41.7 Å². The third-order valence-electron chi connectivity index (χ3n) is 5.43. The van der Waals surface area contributed by atoms with E-state index in [4.69, 9.17) is 4.99 Å². The van der Waals surface area contributed by atoms with Gasteiger partial charge in [-0.1, -0.05) is 25.8 Å². The quantitative estimate of drug-likeness (QED) is 0.347. The number of thiophene rings is 1. The summed E-state index contributed by atoms with van der Waals surface area (Å²) in [6.45, 7) is 5.04. The average molecular weight is 526 g/mol. The molecular weight excluding hydrogens is 493 g/mol. The highest BCUT2D eigenvalue weighted by atomic mass is 127. The zero-order chi connectivity index (χ0) is 18.6. The van der Waals surface area contributed by atoms with E-state index in [1.807, 2.05) is 0 Å². The molecule has 0 aromatic carbocycles. The molecule has 1 saturated carbocycles. The van der Waals surface area contributed by atoms with Crippen molar-refractivity contribution in [2.24, 2.45) is 16.8 Å². The van der Waals surface area contributed by atoms with Gasteiger partial charge in [0.05, 0.1) is 17.5 Å². The van der Waals surface area contributed by atoms with Crippen LogP contribution in [0, 0.1) is 11.8 Å². The molecule has 2 aliphatic rings. The van der Waals surface area contributed by atoms with E-state index in [0.717, 1.165) is 18.3 Å². The summed E-state index contributed by atoms with van der Waals surface area (Å²) in [5, 5.41) is 9.23. The first-order valence-electron chi connectivity index (χ1n) is 9.72. The lowest BCUT2D eigenvalue weighted by molar-refractivity contribution is 0.323. The summed E-state index contributed by atoms with van der Waals surface area (Å²) in [6, 6.07) is 4.84. The van der Waals surface area contributed by atoms with Gasteiger partial charge in [0.25, 0.3) is 0 Å². The molecular formula is C19H32IN3O2S2. The summed E-state index contributed by atoms with van der Waals surface area (Å²) in [7, 11) is -2.84. The highest BCUT2D eigenvalue weighted by Crippen LogP contribution is 2.24. The Morgan fingerprint density at radius 2 is 2.19 bits per heavy atom. The van der Waals surface area contributed by atoms with Crippen molar-refractivity contribution in [2.75, 3.05) is 18.1 Å². The molecule has 27 heavy (non-hydrogen) atoms. The highest BCUT2D eigenvalue weighted by molar-refractivity contribution is 14.0. The van der Waals surface area contributed by atoms with Crippen LogP contribution in [-0.4, -0.2) is 38.5 Å². The highest BCUT2D eigenvalue weighted by Gasteiger charge is 2.28. The molecule has 1 aliphatic heterocycles. The van der Waals surface area contributed by atoms with E-state index in [2.05, 4.69) is 42.0 Å². The largest absolute Gasteiger partial charge is 0.354 e. The number of sulfone groups is 1. The third-order valence-corrected chi connectivity index (χ3v) is 8.33. The number of aliphatic imine (C=N–C) groups is 1. The van der Waals surface area contributed by atoms with Gasteiger partial charge in [-0.15, -0.1) is 35.3 Å². The van der Waals surface area contributed by atoms with Gasteiger partial charge in [-0.25, -0.2) is 8.42 Å². The Bertz CT molecular complexity index is 707. The molecule has 3 rings (SSSR count). The van der Waals surface area contributed by atoms with Gasteiger partial charge in [-0.05, 0) is 49.5 Å². The van der Waals surface area contributed by atoms with Gasteiger partial charge in [-0.3, -0.25) is 4.99 Å². The second-order valence-electron chi connectivity index (χ2n) is 7.95. The fourth-order valence-corrected chi connectivity index (χ4v) is 6.53. The molecule has 4 unspecified atom stereocenters. The van der Waals surface area contributed by atoms with Crippen LogP contribution in [0.4, 0.5) is 0 Å². The van der Waals surface area contributed by atoms with Gasteiger partial charge >= 0.3 is 0 Å². The summed E-state index contributed by atoms with van der Waals surface area (Å²) in [5.41, 5.74) is 0. The summed E-state index contributed by atoms with van der Waals surface area (Å²) in [6.07, 6.45) is 5.65. The van der Waals surface area contributed by atoms with Crippen LogP contribution in [0.15, 0.2) is 22.5 Å². The molecule has 4 atom stereocenters. The van der Waals surface area contributed by atoms with Crippen LogP contribution in [0.1, 0.15) is 56.9 Å². The predicted molar refractivity (Wildman–Crippen MR) is 125 cm³/mol. The van der Waals surface area contributed by atoms with Crippen LogP contribution in [0.5, 0.6) is 0 Å². The molecule has 0 radical (unpaired) electrons. The maximum absolute atomic E-state index is 11.7. The third kappa shape index (κ3) is 7.20. The second-order valence-corrected chi connectivity index (χ2v) is 11.2. The van der Waals surface area contributed by atoms with E-state index < -0.39 is 9.84 Å². The van der Waals surface area contributed by atoms with E-state index in [0.29, 0.717) is 18.3 Å². The van der Waals surface area contributed by atoms with Crippen molar-refractivity contribution in [1.29, 1.82) is 0 Å². The standard InChI is InChI=1S/C19H31N3O2S2.HI/c1-14-5-3-6-17(11-14)22-19(21-15(2)18-7-4-9-25-18)20-12-16-8-10-26(23,24)13-16;/h4,7,9,14-17H,3,5-6,8,10-13H2,1-2H3,(H2,20,21,22);1H. The van der Waals surface area contributed by atoms with Crippen molar-refractivity contribution in [3.8, 4) is 0 Å². The van der Waals surface area contributed by atoms with Gasteiger partial charge in [0.2, 0.25) is 0 Å². The Hall–Kier alpha value is -0.350. The molecule has 8 heteroatoms. The lowest BCUT2D eigenvalue weighted by Gasteiger charge is -2.30. The number of halogens is 1. The molecule has 154 valence electrons. The molecule has 1 aliphatic carbocycles. The molecule has 2 N–H and O–H groups in total. The molecule has 0 spiro atoms. The van der Waals surface area contributed by atoms with Crippen molar-refractivity contribution in [3.63, 3.8) is 0 Å². The van der Waals surface area contributed by atoms with Crippen molar-refractivity contribution < 1.29 is 8.42 Å². The fraction of sp³-hybridized carbons (Fsp3) is 0.737. The lowest BCUT2D eigenvalue weighted by atomic mass is 9.87. The Labute approximate surface area is 184 Å². The van der Waals surface area contributed by atoms with Gasteiger partial charge in [0, 0.05) is 17.5 Å². The van der Waals surface area contributed by atoms with E-state index in [9.17, 15) is 8.42 Å². The minimum absolute atomic E-state index is 0. The Kier molecular flexibility index (Phi) is 8.86. The van der Waals surface area contributed by atoms with Crippen molar-refractivity contribution in [1.82, 2.24) is 10.6 Å². The van der Waals surface area contributed by atoms with Crippen molar-refractivity contribution in [2.45, 2.75) is 58.0 Å². The number of hydrogen-bond donors (Lipinski definition) is 2. The van der Waals surface area contributed by atoms with Crippen LogP contribution >= 0.6 is 35.3 Å². The molecule has 1 aromatic heterocycles. The topological polar surface area (TPSA) is 70.6 Å². The van der Waals surface area contributed by atoms with Crippen LogP contribution in [0.25, 0.3) is 0 Å². The average Bonchev–Trinajstić information content (AvgIpc) is 3.22. The van der Waals surface area contributed by atoms with Gasteiger partial charge in [0.1, 0.15) is 0 Å². The fourth-order valence-electron chi connectivity index (χ4n) is 3.94. The minimum atomic E-state index is -2.84. The molecule has 1 aromatic rings. The monoisotopic (exact) mass is 525 g/mol. The summed E-state index contributed by atoms with van der Waals surface area (Å²) < 4.78 is 23.4.